The van der Waals surface area contributed by atoms with Crippen LogP contribution in [0, 0.1) is 11.3 Å². The van der Waals surface area contributed by atoms with Gasteiger partial charge in [-0.3, -0.25) is 9.69 Å². The minimum atomic E-state index is -0.227. The van der Waals surface area contributed by atoms with Crippen LogP contribution < -0.4 is 10.1 Å². The number of hydrogen-bond acceptors (Lipinski definition) is 4. The molecule has 0 bridgehead atoms. The maximum Gasteiger partial charge on any atom is 0.234 e. The average Bonchev–Trinajstić information content (AvgIpc) is 3.02. The zero-order valence-electron chi connectivity index (χ0n) is 12.9. The molecule has 1 amide bonds. The molecule has 1 aromatic carbocycles. The Hall–Kier alpha value is -2.06. The van der Waals surface area contributed by atoms with Crippen LogP contribution in [0.15, 0.2) is 24.3 Å². The van der Waals surface area contributed by atoms with Crippen molar-refractivity contribution in [3.8, 4) is 11.8 Å². The fraction of sp³-hybridized carbons (Fsp3) is 0.529. The van der Waals surface area contributed by atoms with Gasteiger partial charge in [-0.25, -0.2) is 0 Å². The summed E-state index contributed by atoms with van der Waals surface area (Å²) in [6, 6.07) is 9.76. The molecule has 118 valence electrons. The first-order valence-corrected chi connectivity index (χ1v) is 7.86. The summed E-state index contributed by atoms with van der Waals surface area (Å²) in [5.74, 6) is 0.658. The molecule has 0 aliphatic carbocycles. The first-order chi connectivity index (χ1) is 10.8. The van der Waals surface area contributed by atoms with Crippen molar-refractivity contribution < 1.29 is 9.53 Å². The number of nitrogens with zero attached hydrogens (tertiary/aromatic N) is 2. The highest BCUT2D eigenvalue weighted by Gasteiger charge is 2.11. The molecule has 5 nitrogen and oxygen atoms in total. The number of carbonyl (C=O) groups excluding carboxylic acids is 1. The predicted octanol–water partition coefficient (Wildman–Crippen LogP) is 1.73. The minimum absolute atomic E-state index is 0.0893. The number of nitrogens with one attached hydrogen (secondary N) is 1. The van der Waals surface area contributed by atoms with Gasteiger partial charge < -0.3 is 10.1 Å². The molecule has 0 atom stereocenters. The summed E-state index contributed by atoms with van der Waals surface area (Å²) in [4.78, 5) is 13.7. The maximum atomic E-state index is 11.3. The van der Waals surface area contributed by atoms with E-state index in [9.17, 15) is 4.79 Å². The third-order valence-corrected chi connectivity index (χ3v) is 3.79. The largest absolute Gasteiger partial charge is 0.492 e. The molecular formula is C17H23N3O2. The van der Waals surface area contributed by atoms with E-state index in [2.05, 4.69) is 10.2 Å². The standard InChI is InChI=1S/C17H23N3O2/c18-9-7-17(21)19-10-8-15-5-1-2-6-16(15)22-14-13-20-11-3-4-12-20/h1-2,5-6H,3-4,7-8,10-14H2,(H,19,21). The highest BCUT2D eigenvalue weighted by Crippen LogP contribution is 2.18. The van der Waals surface area contributed by atoms with E-state index in [4.69, 9.17) is 10.00 Å². The predicted molar refractivity (Wildman–Crippen MR) is 84.6 cm³/mol. The third-order valence-electron chi connectivity index (χ3n) is 3.79. The molecule has 1 saturated heterocycles. The van der Waals surface area contributed by atoms with Crippen LogP contribution in [-0.2, 0) is 11.2 Å². The molecular weight excluding hydrogens is 278 g/mol. The van der Waals surface area contributed by atoms with Gasteiger partial charge in [-0.2, -0.15) is 5.26 Å². The van der Waals surface area contributed by atoms with Crippen molar-refractivity contribution in [1.82, 2.24) is 10.2 Å². The number of ether oxygens (including phenoxy) is 1. The lowest BCUT2D eigenvalue weighted by Crippen LogP contribution is -2.26. The van der Waals surface area contributed by atoms with Crippen LogP contribution in [0.3, 0.4) is 0 Å². The Morgan fingerprint density at radius 1 is 1.32 bits per heavy atom. The smallest absolute Gasteiger partial charge is 0.234 e. The molecule has 1 N–H and O–H groups in total. The summed E-state index contributed by atoms with van der Waals surface area (Å²) < 4.78 is 5.90. The van der Waals surface area contributed by atoms with Crippen LogP contribution >= 0.6 is 0 Å². The Morgan fingerprint density at radius 2 is 2.09 bits per heavy atom. The second-order valence-corrected chi connectivity index (χ2v) is 5.44. The molecule has 0 radical (unpaired) electrons. The monoisotopic (exact) mass is 301 g/mol. The van der Waals surface area contributed by atoms with E-state index in [0.29, 0.717) is 19.6 Å². The van der Waals surface area contributed by atoms with Crippen molar-refractivity contribution in [3.05, 3.63) is 29.8 Å². The number of para-hydroxylation sites is 1. The van der Waals surface area contributed by atoms with Crippen molar-refractivity contribution in [2.75, 3.05) is 32.8 Å². The van der Waals surface area contributed by atoms with Crippen LogP contribution in [0.2, 0.25) is 0 Å². The summed E-state index contributed by atoms with van der Waals surface area (Å²) in [6.07, 6.45) is 3.20. The number of hydrogen-bond donors (Lipinski definition) is 1. The lowest BCUT2D eigenvalue weighted by Gasteiger charge is -2.16. The lowest BCUT2D eigenvalue weighted by molar-refractivity contribution is -0.120. The first-order valence-electron chi connectivity index (χ1n) is 7.86. The summed E-state index contributed by atoms with van der Waals surface area (Å²) >= 11 is 0. The van der Waals surface area contributed by atoms with Crippen molar-refractivity contribution in [2.45, 2.75) is 25.7 Å². The van der Waals surface area contributed by atoms with Crippen molar-refractivity contribution in [2.24, 2.45) is 0 Å². The number of nitriles is 1. The van der Waals surface area contributed by atoms with Gasteiger partial charge in [-0.05, 0) is 44.0 Å². The van der Waals surface area contributed by atoms with Gasteiger partial charge in [0.15, 0.2) is 0 Å². The van der Waals surface area contributed by atoms with E-state index in [1.807, 2.05) is 30.3 Å². The van der Waals surface area contributed by atoms with E-state index in [1.165, 1.54) is 25.9 Å². The van der Waals surface area contributed by atoms with Crippen molar-refractivity contribution in [1.29, 1.82) is 5.26 Å². The van der Waals surface area contributed by atoms with Crippen molar-refractivity contribution >= 4 is 5.91 Å². The molecule has 1 aromatic rings. The fourth-order valence-electron chi connectivity index (χ4n) is 2.61. The van der Waals surface area contributed by atoms with Gasteiger partial charge >= 0.3 is 0 Å². The molecule has 5 heteroatoms. The Labute approximate surface area is 131 Å². The summed E-state index contributed by atoms with van der Waals surface area (Å²) in [7, 11) is 0. The van der Waals surface area contributed by atoms with Gasteiger partial charge in [0.2, 0.25) is 5.91 Å². The highest BCUT2D eigenvalue weighted by molar-refractivity contribution is 5.77. The summed E-state index contributed by atoms with van der Waals surface area (Å²) in [6.45, 7) is 4.53. The van der Waals surface area contributed by atoms with E-state index in [-0.39, 0.29) is 12.3 Å². The van der Waals surface area contributed by atoms with E-state index < -0.39 is 0 Å². The number of benzene rings is 1. The third kappa shape index (κ3) is 5.38. The van der Waals surface area contributed by atoms with E-state index >= 15 is 0 Å². The molecule has 1 aliphatic rings. The zero-order valence-corrected chi connectivity index (χ0v) is 12.9. The van der Waals surface area contributed by atoms with Gasteiger partial charge in [-0.15, -0.1) is 0 Å². The molecule has 22 heavy (non-hydrogen) atoms. The molecule has 1 aliphatic heterocycles. The van der Waals surface area contributed by atoms with Crippen LogP contribution in [0.1, 0.15) is 24.8 Å². The quantitative estimate of drug-likeness (QED) is 0.794. The number of carbonyl (C=O) groups is 1. The first kappa shape index (κ1) is 16.3. The second kappa shape index (κ2) is 9.06. The normalized spacial score (nSPS) is 14.5. The Balaban J connectivity index is 1.76. The van der Waals surface area contributed by atoms with Gasteiger partial charge in [-0.1, -0.05) is 18.2 Å². The fourth-order valence-corrected chi connectivity index (χ4v) is 2.61. The number of amides is 1. The van der Waals surface area contributed by atoms with Crippen LogP contribution in [0.25, 0.3) is 0 Å². The molecule has 0 aromatic heterocycles. The van der Waals surface area contributed by atoms with Crippen LogP contribution in [-0.4, -0.2) is 43.6 Å². The summed E-state index contributed by atoms with van der Waals surface area (Å²) in [5, 5.41) is 11.2. The average molecular weight is 301 g/mol. The second-order valence-electron chi connectivity index (χ2n) is 5.44. The van der Waals surface area contributed by atoms with Gasteiger partial charge in [0.05, 0.1) is 6.07 Å². The van der Waals surface area contributed by atoms with Crippen molar-refractivity contribution in [3.63, 3.8) is 0 Å². The Morgan fingerprint density at radius 3 is 2.86 bits per heavy atom. The molecule has 1 heterocycles. The lowest BCUT2D eigenvalue weighted by atomic mass is 10.1. The number of rotatable bonds is 8. The Bertz CT molecular complexity index is 519. The SMILES string of the molecule is N#CCC(=O)NCCc1ccccc1OCCN1CCCC1. The van der Waals surface area contributed by atoms with Gasteiger partial charge in [0.25, 0.3) is 0 Å². The molecule has 0 unspecified atom stereocenters. The highest BCUT2D eigenvalue weighted by atomic mass is 16.5. The van der Waals surface area contributed by atoms with E-state index in [0.717, 1.165) is 17.9 Å². The summed E-state index contributed by atoms with van der Waals surface area (Å²) in [5.41, 5.74) is 1.08. The van der Waals surface area contributed by atoms with Crippen LogP contribution in [0.4, 0.5) is 0 Å². The molecule has 1 fully saturated rings. The molecule has 2 rings (SSSR count). The van der Waals surface area contributed by atoms with Crippen LogP contribution in [0.5, 0.6) is 5.75 Å². The Kier molecular flexibility index (Phi) is 6.72. The zero-order chi connectivity index (χ0) is 15.6. The maximum absolute atomic E-state index is 11.3. The molecule has 0 spiro atoms. The molecule has 0 saturated carbocycles. The van der Waals surface area contributed by atoms with Gasteiger partial charge in [0.1, 0.15) is 18.8 Å². The topological polar surface area (TPSA) is 65.4 Å². The number of likely N-dealkylation sites (tertiary alicyclic amines) is 1. The van der Waals surface area contributed by atoms with Gasteiger partial charge in [0, 0.05) is 13.1 Å². The minimum Gasteiger partial charge on any atom is -0.492 e. The van der Waals surface area contributed by atoms with E-state index in [1.54, 1.807) is 0 Å².